The fourth-order valence-electron chi connectivity index (χ4n) is 3.63. The Morgan fingerprint density at radius 2 is 2.00 bits per heavy atom. The molecule has 3 heteroatoms. The van der Waals surface area contributed by atoms with Crippen LogP contribution in [0.3, 0.4) is 0 Å². The molecule has 2 unspecified atom stereocenters. The molecule has 2 atom stereocenters. The lowest BCUT2D eigenvalue weighted by Crippen LogP contribution is -2.45. The molecule has 0 aliphatic carbocycles. The highest BCUT2D eigenvalue weighted by atomic mass is 16.5. The van der Waals surface area contributed by atoms with Crippen molar-refractivity contribution in [3.63, 3.8) is 0 Å². The molecule has 118 valence electrons. The van der Waals surface area contributed by atoms with Crippen molar-refractivity contribution < 1.29 is 4.74 Å². The maximum Gasteiger partial charge on any atom is 0.122 e. The molecule has 0 aromatic heterocycles. The summed E-state index contributed by atoms with van der Waals surface area (Å²) in [6, 6.07) is 4.99. The van der Waals surface area contributed by atoms with Crippen molar-refractivity contribution in [2.45, 2.75) is 52.0 Å². The monoisotopic (exact) mass is 290 g/mol. The summed E-state index contributed by atoms with van der Waals surface area (Å²) in [5.41, 5.74) is 10.1. The quantitative estimate of drug-likeness (QED) is 0.905. The fourth-order valence-corrected chi connectivity index (χ4v) is 3.63. The average Bonchev–Trinajstić information content (AvgIpc) is 2.51. The molecule has 1 heterocycles. The van der Waals surface area contributed by atoms with Crippen molar-refractivity contribution in [1.29, 1.82) is 0 Å². The molecule has 3 nitrogen and oxygen atoms in total. The third-order valence-corrected chi connectivity index (χ3v) is 5.03. The van der Waals surface area contributed by atoms with Gasteiger partial charge < -0.3 is 15.4 Å². The largest absolute Gasteiger partial charge is 0.496 e. The third kappa shape index (κ3) is 3.41. The molecular weight excluding hydrogens is 260 g/mol. The lowest BCUT2D eigenvalue weighted by atomic mass is 9.83. The number of ether oxygens (including phenoxy) is 1. The highest BCUT2D eigenvalue weighted by Crippen LogP contribution is 2.36. The maximum absolute atomic E-state index is 6.18. The van der Waals surface area contributed by atoms with E-state index in [2.05, 4.69) is 37.8 Å². The van der Waals surface area contributed by atoms with Crippen LogP contribution in [0.5, 0.6) is 5.75 Å². The summed E-state index contributed by atoms with van der Waals surface area (Å²) in [5, 5.41) is 0. The van der Waals surface area contributed by atoms with Crippen molar-refractivity contribution in [3.8, 4) is 5.75 Å². The fraction of sp³-hybridized carbons (Fsp3) is 0.667. The van der Waals surface area contributed by atoms with Gasteiger partial charge in [-0.05, 0) is 57.0 Å². The van der Waals surface area contributed by atoms with E-state index >= 15 is 0 Å². The van der Waals surface area contributed by atoms with E-state index in [4.69, 9.17) is 10.5 Å². The van der Waals surface area contributed by atoms with Crippen molar-refractivity contribution in [2.75, 3.05) is 26.7 Å². The number of nitrogens with two attached hydrogens (primary N) is 1. The van der Waals surface area contributed by atoms with Crippen molar-refractivity contribution >= 4 is 0 Å². The highest BCUT2D eigenvalue weighted by Gasteiger charge is 2.31. The first-order valence-corrected chi connectivity index (χ1v) is 8.21. The minimum atomic E-state index is 0.361. The SMILES string of the molecule is CCN1CCCCC1C(CN)c1cc(C)c(C)cc1OC. The summed E-state index contributed by atoms with van der Waals surface area (Å²) in [5.74, 6) is 1.36. The van der Waals surface area contributed by atoms with E-state index in [1.165, 1.54) is 42.5 Å². The lowest BCUT2D eigenvalue weighted by molar-refractivity contribution is 0.133. The summed E-state index contributed by atoms with van der Waals surface area (Å²) < 4.78 is 5.65. The van der Waals surface area contributed by atoms with E-state index < -0.39 is 0 Å². The molecular formula is C18H30N2O. The predicted octanol–water partition coefficient (Wildman–Crippen LogP) is 3.23. The van der Waals surface area contributed by atoms with Gasteiger partial charge in [0.25, 0.3) is 0 Å². The van der Waals surface area contributed by atoms with Crippen LogP contribution in [-0.4, -0.2) is 37.7 Å². The smallest absolute Gasteiger partial charge is 0.122 e. The topological polar surface area (TPSA) is 38.5 Å². The molecule has 0 radical (unpaired) electrons. The number of methoxy groups -OCH3 is 1. The first-order valence-electron chi connectivity index (χ1n) is 8.21. The standard InChI is InChI=1S/C18H30N2O/c1-5-20-9-7-6-8-17(20)16(12-19)15-10-13(2)14(3)11-18(15)21-4/h10-11,16-17H,5-9,12,19H2,1-4H3. The zero-order chi connectivity index (χ0) is 15.4. The molecule has 0 saturated carbocycles. The minimum Gasteiger partial charge on any atom is -0.496 e. The van der Waals surface area contributed by atoms with Crippen LogP contribution in [0.2, 0.25) is 0 Å². The minimum absolute atomic E-state index is 0.361. The number of hydrogen-bond donors (Lipinski definition) is 1. The van der Waals surface area contributed by atoms with Crippen LogP contribution in [0.1, 0.15) is 48.8 Å². The van der Waals surface area contributed by atoms with Gasteiger partial charge in [-0.3, -0.25) is 0 Å². The number of nitrogens with zero attached hydrogens (tertiary/aromatic N) is 1. The first kappa shape index (κ1) is 16.3. The number of piperidine rings is 1. The van der Waals surface area contributed by atoms with Crippen molar-refractivity contribution in [3.05, 3.63) is 28.8 Å². The van der Waals surface area contributed by atoms with Crippen LogP contribution < -0.4 is 10.5 Å². The van der Waals surface area contributed by atoms with Gasteiger partial charge in [0.05, 0.1) is 7.11 Å². The van der Waals surface area contributed by atoms with E-state index in [9.17, 15) is 0 Å². The number of likely N-dealkylation sites (tertiary alicyclic amines) is 1. The second kappa shape index (κ2) is 7.28. The number of aryl methyl sites for hydroxylation is 2. The Bertz CT molecular complexity index is 473. The first-order chi connectivity index (χ1) is 10.1. The van der Waals surface area contributed by atoms with Gasteiger partial charge >= 0.3 is 0 Å². The van der Waals surface area contributed by atoms with E-state index in [1.54, 1.807) is 7.11 Å². The Kier molecular flexibility index (Phi) is 5.65. The summed E-state index contributed by atoms with van der Waals surface area (Å²) in [6.45, 7) is 9.55. The van der Waals surface area contributed by atoms with E-state index in [0.29, 0.717) is 18.5 Å². The summed E-state index contributed by atoms with van der Waals surface area (Å²) in [4.78, 5) is 2.59. The van der Waals surface area contributed by atoms with E-state index in [-0.39, 0.29) is 0 Å². The van der Waals surface area contributed by atoms with Crippen molar-refractivity contribution in [2.24, 2.45) is 5.73 Å². The van der Waals surface area contributed by atoms with Gasteiger partial charge in [0.2, 0.25) is 0 Å². The van der Waals surface area contributed by atoms with Crippen LogP contribution in [0.4, 0.5) is 0 Å². The van der Waals surface area contributed by atoms with Crippen molar-refractivity contribution in [1.82, 2.24) is 4.90 Å². The van der Waals surface area contributed by atoms with Gasteiger partial charge in [-0.25, -0.2) is 0 Å². The van der Waals surface area contributed by atoms with E-state index in [0.717, 1.165) is 12.3 Å². The van der Waals surface area contributed by atoms with Gasteiger partial charge in [0, 0.05) is 24.1 Å². The number of rotatable bonds is 5. The van der Waals surface area contributed by atoms with Gasteiger partial charge in [0.1, 0.15) is 5.75 Å². The predicted molar refractivity (Wildman–Crippen MR) is 89.1 cm³/mol. The van der Waals surface area contributed by atoms with Crippen LogP contribution in [0, 0.1) is 13.8 Å². The number of hydrogen-bond acceptors (Lipinski definition) is 3. The Hall–Kier alpha value is -1.06. The highest BCUT2D eigenvalue weighted by molar-refractivity contribution is 5.44. The lowest BCUT2D eigenvalue weighted by Gasteiger charge is -2.40. The molecule has 21 heavy (non-hydrogen) atoms. The Morgan fingerprint density at radius 3 is 2.62 bits per heavy atom. The summed E-state index contributed by atoms with van der Waals surface area (Å²) in [7, 11) is 1.76. The number of benzene rings is 1. The van der Waals surface area contributed by atoms with Crippen LogP contribution in [0.25, 0.3) is 0 Å². The molecule has 0 bridgehead atoms. The van der Waals surface area contributed by atoms with E-state index in [1.807, 2.05) is 0 Å². The molecule has 1 fully saturated rings. The molecule has 0 amide bonds. The molecule has 2 N–H and O–H groups in total. The van der Waals surface area contributed by atoms with Crippen LogP contribution >= 0.6 is 0 Å². The molecule has 1 aromatic rings. The molecule has 1 saturated heterocycles. The average molecular weight is 290 g/mol. The number of likely N-dealkylation sites (N-methyl/N-ethyl adjacent to an activating group) is 1. The Morgan fingerprint density at radius 1 is 1.29 bits per heavy atom. The Labute approximate surface area is 129 Å². The van der Waals surface area contributed by atoms with Gasteiger partial charge in [-0.15, -0.1) is 0 Å². The third-order valence-electron chi connectivity index (χ3n) is 5.03. The zero-order valence-electron chi connectivity index (χ0n) is 14.0. The van der Waals surface area contributed by atoms with Gasteiger partial charge in [-0.1, -0.05) is 19.4 Å². The maximum atomic E-state index is 6.18. The van der Waals surface area contributed by atoms with Crippen LogP contribution in [0.15, 0.2) is 12.1 Å². The Balaban J connectivity index is 2.38. The molecule has 2 rings (SSSR count). The summed E-state index contributed by atoms with van der Waals surface area (Å²) >= 11 is 0. The second-order valence-electron chi connectivity index (χ2n) is 6.21. The molecule has 1 aromatic carbocycles. The van der Waals surface area contributed by atoms with Crippen LogP contribution in [-0.2, 0) is 0 Å². The zero-order valence-corrected chi connectivity index (χ0v) is 14.0. The second-order valence-corrected chi connectivity index (χ2v) is 6.21. The molecule has 1 aliphatic heterocycles. The van der Waals surface area contributed by atoms with Gasteiger partial charge in [-0.2, -0.15) is 0 Å². The molecule has 1 aliphatic rings. The molecule has 0 spiro atoms. The summed E-state index contributed by atoms with van der Waals surface area (Å²) in [6.07, 6.45) is 3.86. The normalized spacial score (nSPS) is 21.3. The van der Waals surface area contributed by atoms with Gasteiger partial charge in [0.15, 0.2) is 0 Å².